The number of piperazine rings is 1. The summed E-state index contributed by atoms with van der Waals surface area (Å²) in [4.78, 5) is 2.65. The predicted molar refractivity (Wildman–Crippen MR) is 61.8 cm³/mol. The monoisotopic (exact) mass is 202 g/mol. The molecule has 1 N–H and O–H groups in total. The number of nitrogens with one attached hydrogen (secondary N) is 1. The highest BCUT2D eigenvalue weighted by molar-refractivity contribution is 5.19. The molecule has 2 fully saturated rings. The van der Waals surface area contributed by atoms with Crippen LogP contribution in [0.4, 0.5) is 0 Å². The van der Waals surface area contributed by atoms with E-state index in [1.165, 1.54) is 25.1 Å². The first-order chi connectivity index (χ1) is 7.34. The lowest BCUT2D eigenvalue weighted by Gasteiger charge is -2.33. The average molecular weight is 202 g/mol. The Morgan fingerprint density at radius 2 is 2.13 bits per heavy atom. The van der Waals surface area contributed by atoms with E-state index >= 15 is 0 Å². The van der Waals surface area contributed by atoms with Gasteiger partial charge in [0, 0.05) is 31.2 Å². The summed E-state index contributed by atoms with van der Waals surface area (Å²) in [7, 11) is 0. The van der Waals surface area contributed by atoms with Gasteiger partial charge in [-0.2, -0.15) is 0 Å². The van der Waals surface area contributed by atoms with Crippen LogP contribution < -0.4 is 5.32 Å². The van der Waals surface area contributed by atoms with Crippen molar-refractivity contribution in [2.24, 2.45) is 0 Å². The van der Waals surface area contributed by atoms with E-state index in [9.17, 15) is 0 Å². The number of hydrogen-bond acceptors (Lipinski definition) is 2. The van der Waals surface area contributed by atoms with E-state index in [1.54, 1.807) is 0 Å². The van der Waals surface area contributed by atoms with Gasteiger partial charge in [-0.3, -0.25) is 4.90 Å². The molecule has 2 bridgehead atoms. The molecule has 3 rings (SSSR count). The topological polar surface area (TPSA) is 15.3 Å². The summed E-state index contributed by atoms with van der Waals surface area (Å²) in [5.74, 6) is 0. The van der Waals surface area contributed by atoms with Crippen molar-refractivity contribution in [2.45, 2.75) is 31.5 Å². The summed E-state index contributed by atoms with van der Waals surface area (Å²) >= 11 is 0. The van der Waals surface area contributed by atoms with Gasteiger partial charge in [0.2, 0.25) is 0 Å². The van der Waals surface area contributed by atoms with Crippen molar-refractivity contribution < 1.29 is 0 Å². The summed E-state index contributed by atoms with van der Waals surface area (Å²) in [5, 5.41) is 3.55. The SMILES string of the molecule is C[C@H](c1ccccc1)N1C[C@@H]2C[C@H]1CN2. The first-order valence-corrected chi connectivity index (χ1v) is 5.88. The molecule has 0 spiro atoms. The van der Waals surface area contributed by atoms with Crippen LogP contribution in [0.25, 0.3) is 0 Å². The van der Waals surface area contributed by atoms with Crippen LogP contribution in [0.2, 0.25) is 0 Å². The van der Waals surface area contributed by atoms with E-state index in [4.69, 9.17) is 0 Å². The van der Waals surface area contributed by atoms with E-state index < -0.39 is 0 Å². The normalized spacial score (nSPS) is 32.1. The van der Waals surface area contributed by atoms with Crippen LogP contribution in [-0.2, 0) is 0 Å². The maximum absolute atomic E-state index is 3.55. The fraction of sp³-hybridized carbons (Fsp3) is 0.538. The highest BCUT2D eigenvalue weighted by Crippen LogP contribution is 2.31. The van der Waals surface area contributed by atoms with E-state index in [1.807, 2.05) is 0 Å². The van der Waals surface area contributed by atoms with Gasteiger partial charge in [-0.1, -0.05) is 30.3 Å². The van der Waals surface area contributed by atoms with Crippen molar-refractivity contribution in [3.05, 3.63) is 35.9 Å². The highest BCUT2D eigenvalue weighted by Gasteiger charge is 2.39. The molecule has 3 atom stereocenters. The van der Waals surface area contributed by atoms with Gasteiger partial charge in [0.1, 0.15) is 0 Å². The molecule has 0 radical (unpaired) electrons. The molecular formula is C13H18N2. The van der Waals surface area contributed by atoms with E-state index in [-0.39, 0.29) is 0 Å². The molecular weight excluding hydrogens is 184 g/mol. The van der Waals surface area contributed by atoms with Gasteiger partial charge in [0.25, 0.3) is 0 Å². The van der Waals surface area contributed by atoms with Crippen LogP contribution in [0.15, 0.2) is 30.3 Å². The zero-order valence-corrected chi connectivity index (χ0v) is 9.19. The standard InChI is InChI=1S/C13H18N2/c1-10(11-5-3-2-4-6-11)15-9-12-7-13(15)8-14-12/h2-6,10,12-14H,7-9H2,1H3/t10-,12+,13+/m1/s1. The van der Waals surface area contributed by atoms with Gasteiger partial charge in [-0.05, 0) is 18.9 Å². The van der Waals surface area contributed by atoms with Gasteiger partial charge in [0.15, 0.2) is 0 Å². The quantitative estimate of drug-likeness (QED) is 0.786. The van der Waals surface area contributed by atoms with Gasteiger partial charge >= 0.3 is 0 Å². The van der Waals surface area contributed by atoms with Crippen LogP contribution in [0, 0.1) is 0 Å². The molecule has 0 amide bonds. The summed E-state index contributed by atoms with van der Waals surface area (Å²) in [6.07, 6.45) is 1.34. The van der Waals surface area contributed by atoms with E-state index in [0.717, 1.165) is 12.1 Å². The molecule has 0 unspecified atom stereocenters. The van der Waals surface area contributed by atoms with Crippen molar-refractivity contribution in [1.82, 2.24) is 10.2 Å². The van der Waals surface area contributed by atoms with Gasteiger partial charge in [-0.15, -0.1) is 0 Å². The molecule has 2 nitrogen and oxygen atoms in total. The van der Waals surface area contributed by atoms with Crippen LogP contribution >= 0.6 is 0 Å². The number of fused-ring (bicyclic) bond motifs is 2. The number of benzene rings is 1. The molecule has 80 valence electrons. The van der Waals surface area contributed by atoms with Crippen molar-refractivity contribution in [2.75, 3.05) is 13.1 Å². The number of hydrogen-bond donors (Lipinski definition) is 1. The molecule has 2 saturated heterocycles. The minimum atomic E-state index is 0.572. The fourth-order valence-corrected chi connectivity index (χ4v) is 2.99. The number of nitrogens with zero attached hydrogens (tertiary/aromatic N) is 1. The lowest BCUT2D eigenvalue weighted by molar-refractivity contribution is 0.170. The highest BCUT2D eigenvalue weighted by atomic mass is 15.3. The maximum Gasteiger partial charge on any atom is 0.0324 e. The fourth-order valence-electron chi connectivity index (χ4n) is 2.99. The van der Waals surface area contributed by atoms with E-state index in [2.05, 4.69) is 47.5 Å². The predicted octanol–water partition coefficient (Wildman–Crippen LogP) is 1.79. The van der Waals surface area contributed by atoms with Crippen molar-refractivity contribution in [3.63, 3.8) is 0 Å². The van der Waals surface area contributed by atoms with Crippen molar-refractivity contribution in [1.29, 1.82) is 0 Å². The largest absolute Gasteiger partial charge is 0.311 e. The molecule has 2 aliphatic heterocycles. The first kappa shape index (κ1) is 9.37. The molecule has 0 saturated carbocycles. The lowest BCUT2D eigenvalue weighted by atomic mass is 10.1. The number of rotatable bonds is 2. The Hall–Kier alpha value is -0.860. The second-order valence-corrected chi connectivity index (χ2v) is 4.78. The molecule has 1 aromatic carbocycles. The smallest absolute Gasteiger partial charge is 0.0324 e. The maximum atomic E-state index is 3.55. The first-order valence-electron chi connectivity index (χ1n) is 5.88. The second-order valence-electron chi connectivity index (χ2n) is 4.78. The number of likely N-dealkylation sites (tertiary alicyclic amines) is 1. The Kier molecular flexibility index (Phi) is 2.26. The molecule has 0 aliphatic carbocycles. The van der Waals surface area contributed by atoms with Gasteiger partial charge in [0.05, 0.1) is 0 Å². The Morgan fingerprint density at radius 1 is 1.33 bits per heavy atom. The zero-order chi connectivity index (χ0) is 10.3. The third kappa shape index (κ3) is 1.58. The van der Waals surface area contributed by atoms with Crippen molar-refractivity contribution >= 4 is 0 Å². The molecule has 2 heterocycles. The van der Waals surface area contributed by atoms with Crippen LogP contribution in [0.3, 0.4) is 0 Å². The second kappa shape index (κ2) is 3.62. The zero-order valence-electron chi connectivity index (χ0n) is 9.19. The third-order valence-electron chi connectivity index (χ3n) is 3.88. The Labute approximate surface area is 91.3 Å². The molecule has 1 aromatic rings. The van der Waals surface area contributed by atoms with E-state index in [0.29, 0.717) is 6.04 Å². The lowest BCUT2D eigenvalue weighted by Crippen LogP contribution is -2.44. The molecule has 2 heteroatoms. The van der Waals surface area contributed by atoms with Crippen LogP contribution in [0.5, 0.6) is 0 Å². The van der Waals surface area contributed by atoms with Crippen LogP contribution in [0.1, 0.15) is 24.9 Å². The Balaban J connectivity index is 1.78. The molecule has 0 aromatic heterocycles. The molecule has 2 aliphatic rings. The summed E-state index contributed by atoms with van der Waals surface area (Å²) in [6.45, 7) is 4.73. The average Bonchev–Trinajstić information content (AvgIpc) is 2.91. The third-order valence-corrected chi connectivity index (χ3v) is 3.88. The summed E-state index contributed by atoms with van der Waals surface area (Å²) in [5.41, 5.74) is 1.45. The van der Waals surface area contributed by atoms with Crippen molar-refractivity contribution in [3.8, 4) is 0 Å². The van der Waals surface area contributed by atoms with Gasteiger partial charge in [-0.25, -0.2) is 0 Å². The van der Waals surface area contributed by atoms with Crippen LogP contribution in [-0.4, -0.2) is 30.1 Å². The minimum absolute atomic E-state index is 0.572. The van der Waals surface area contributed by atoms with Gasteiger partial charge < -0.3 is 5.32 Å². The Bertz CT molecular complexity index is 336. The Morgan fingerprint density at radius 3 is 2.73 bits per heavy atom. The summed E-state index contributed by atoms with van der Waals surface area (Å²) in [6, 6.07) is 12.9. The molecule has 15 heavy (non-hydrogen) atoms. The minimum Gasteiger partial charge on any atom is -0.311 e. The summed E-state index contributed by atoms with van der Waals surface area (Å²) < 4.78 is 0.